The molecule has 77 heavy (non-hydrogen) atoms. The van der Waals surface area contributed by atoms with Gasteiger partial charge >= 0.3 is 17.9 Å². The highest BCUT2D eigenvalue weighted by molar-refractivity contribution is 5.71. The van der Waals surface area contributed by atoms with Crippen LogP contribution in [0.4, 0.5) is 0 Å². The highest BCUT2D eigenvalue weighted by atomic mass is 16.6. The van der Waals surface area contributed by atoms with E-state index in [0.29, 0.717) is 19.3 Å². The van der Waals surface area contributed by atoms with Gasteiger partial charge in [0.2, 0.25) is 0 Å². The summed E-state index contributed by atoms with van der Waals surface area (Å²) in [6.07, 6.45) is 85.2. The Labute approximate surface area is 478 Å². The number of hydrogen-bond acceptors (Lipinski definition) is 6. The van der Waals surface area contributed by atoms with Crippen molar-refractivity contribution in [2.24, 2.45) is 0 Å². The van der Waals surface area contributed by atoms with Gasteiger partial charge in [-0.2, -0.15) is 0 Å². The summed E-state index contributed by atoms with van der Waals surface area (Å²) in [4.78, 5) is 38.1. The van der Waals surface area contributed by atoms with Crippen LogP contribution in [-0.2, 0) is 28.6 Å². The molecule has 0 rings (SSSR count). The van der Waals surface area contributed by atoms with Gasteiger partial charge in [0.15, 0.2) is 6.10 Å². The molecule has 0 aromatic heterocycles. The van der Waals surface area contributed by atoms with Crippen molar-refractivity contribution in [3.05, 3.63) is 72.9 Å². The van der Waals surface area contributed by atoms with Gasteiger partial charge in [-0.1, -0.05) is 306 Å². The van der Waals surface area contributed by atoms with Crippen LogP contribution in [0, 0.1) is 0 Å². The second-order valence-corrected chi connectivity index (χ2v) is 22.4. The van der Waals surface area contributed by atoms with E-state index in [-0.39, 0.29) is 31.1 Å². The van der Waals surface area contributed by atoms with Gasteiger partial charge < -0.3 is 14.2 Å². The van der Waals surface area contributed by atoms with Crippen LogP contribution in [0.5, 0.6) is 0 Å². The summed E-state index contributed by atoms with van der Waals surface area (Å²) >= 11 is 0. The normalized spacial score (nSPS) is 12.5. The predicted octanol–water partition coefficient (Wildman–Crippen LogP) is 22.9. The summed E-state index contributed by atoms with van der Waals surface area (Å²) in [5.74, 6) is -0.874. The van der Waals surface area contributed by atoms with Crippen molar-refractivity contribution in [1.82, 2.24) is 0 Å². The minimum absolute atomic E-state index is 0.0750. The molecule has 0 fully saturated rings. The molecule has 0 bridgehead atoms. The van der Waals surface area contributed by atoms with Crippen LogP contribution in [0.3, 0.4) is 0 Å². The lowest BCUT2D eigenvalue weighted by molar-refractivity contribution is -0.167. The number of carbonyl (C=O) groups is 3. The van der Waals surface area contributed by atoms with Crippen molar-refractivity contribution in [3.63, 3.8) is 0 Å². The molecule has 0 saturated heterocycles. The monoisotopic (exact) mass is 1070 g/mol. The average molecular weight is 1080 g/mol. The van der Waals surface area contributed by atoms with E-state index in [1.165, 1.54) is 205 Å². The molecule has 1 atom stereocenters. The molecule has 0 heterocycles. The summed E-state index contributed by atoms with van der Waals surface area (Å²) in [5.41, 5.74) is 0. The number of allylic oxidation sites excluding steroid dienone is 12. The van der Waals surface area contributed by atoms with Crippen LogP contribution in [0.2, 0.25) is 0 Å². The highest BCUT2D eigenvalue weighted by Gasteiger charge is 2.19. The van der Waals surface area contributed by atoms with Gasteiger partial charge in [-0.3, -0.25) is 14.4 Å². The number of rotatable bonds is 61. The maximum absolute atomic E-state index is 12.9. The highest BCUT2D eigenvalue weighted by Crippen LogP contribution is 2.17. The van der Waals surface area contributed by atoms with Crippen LogP contribution in [-0.4, -0.2) is 37.2 Å². The van der Waals surface area contributed by atoms with Crippen molar-refractivity contribution in [1.29, 1.82) is 0 Å². The Bertz CT molecular complexity index is 1420. The Morgan fingerprint density at radius 2 is 0.506 bits per heavy atom. The number of esters is 3. The van der Waals surface area contributed by atoms with Gasteiger partial charge in [0, 0.05) is 19.3 Å². The lowest BCUT2D eigenvalue weighted by Crippen LogP contribution is -2.30. The van der Waals surface area contributed by atoms with Gasteiger partial charge in [0.1, 0.15) is 13.2 Å². The summed E-state index contributed by atoms with van der Waals surface area (Å²) < 4.78 is 16.9. The van der Waals surface area contributed by atoms with Crippen LogP contribution in [0.25, 0.3) is 0 Å². The molecular formula is C71H126O6. The van der Waals surface area contributed by atoms with E-state index < -0.39 is 6.10 Å². The van der Waals surface area contributed by atoms with E-state index >= 15 is 0 Å². The summed E-state index contributed by atoms with van der Waals surface area (Å²) in [5, 5.41) is 0. The molecule has 0 aliphatic heterocycles. The first-order valence-electron chi connectivity index (χ1n) is 33.4. The zero-order valence-electron chi connectivity index (χ0n) is 51.2. The average Bonchev–Trinajstić information content (AvgIpc) is 3.43. The molecule has 0 spiro atoms. The lowest BCUT2D eigenvalue weighted by Gasteiger charge is -2.18. The summed E-state index contributed by atoms with van der Waals surface area (Å²) in [7, 11) is 0. The van der Waals surface area contributed by atoms with Gasteiger partial charge in [0.05, 0.1) is 0 Å². The molecule has 0 aromatic rings. The fourth-order valence-electron chi connectivity index (χ4n) is 9.70. The maximum Gasteiger partial charge on any atom is 0.306 e. The van der Waals surface area contributed by atoms with Crippen LogP contribution < -0.4 is 0 Å². The molecule has 0 amide bonds. The Morgan fingerprint density at radius 1 is 0.273 bits per heavy atom. The third-order valence-corrected chi connectivity index (χ3v) is 14.7. The standard InChI is InChI=1S/C71H126O6/c1-4-7-10-13-16-18-20-22-24-26-28-30-31-32-33-34-35-36-37-38-39-41-42-44-46-48-50-52-55-58-61-64-70(73)76-67-68(66-75-69(72)63-60-57-54-15-12-9-6-3)77-71(74)65-62-59-56-53-51-49-47-45-43-40-29-27-25-23-21-19-17-14-11-8-5-2/h8,11,17,19-20,22-23,25-26,28-29,40,68H,4-7,9-10,12-16,18,21,24,27,30-39,41-67H2,1-3H3/b11-8-,19-17-,22-20-,25-23-,28-26-,40-29-. The molecule has 0 aliphatic carbocycles. The Kier molecular flexibility index (Phi) is 62.7. The zero-order chi connectivity index (χ0) is 55.7. The molecule has 0 aromatic carbocycles. The predicted molar refractivity (Wildman–Crippen MR) is 335 cm³/mol. The van der Waals surface area contributed by atoms with Gasteiger partial charge in [-0.15, -0.1) is 0 Å². The number of ether oxygens (including phenoxy) is 3. The molecule has 0 aliphatic rings. The topological polar surface area (TPSA) is 78.9 Å². The van der Waals surface area contributed by atoms with Crippen molar-refractivity contribution in [2.45, 2.75) is 348 Å². The Morgan fingerprint density at radius 3 is 0.792 bits per heavy atom. The van der Waals surface area contributed by atoms with Crippen molar-refractivity contribution < 1.29 is 28.6 Å². The third-order valence-electron chi connectivity index (χ3n) is 14.7. The smallest absolute Gasteiger partial charge is 0.306 e. The number of carbonyl (C=O) groups excluding carboxylic acids is 3. The van der Waals surface area contributed by atoms with E-state index in [1.54, 1.807) is 0 Å². The molecular weight excluding hydrogens is 949 g/mol. The molecule has 1 unspecified atom stereocenters. The molecule has 6 nitrogen and oxygen atoms in total. The van der Waals surface area contributed by atoms with Gasteiger partial charge in [-0.25, -0.2) is 0 Å². The largest absolute Gasteiger partial charge is 0.462 e. The quantitative estimate of drug-likeness (QED) is 0.0261. The molecule has 446 valence electrons. The number of unbranched alkanes of at least 4 members (excludes halogenated alkanes) is 38. The fraction of sp³-hybridized carbons (Fsp3) is 0.789. The maximum atomic E-state index is 12.9. The minimum atomic E-state index is -0.776. The minimum Gasteiger partial charge on any atom is -0.462 e. The van der Waals surface area contributed by atoms with Gasteiger partial charge in [0.25, 0.3) is 0 Å². The van der Waals surface area contributed by atoms with Crippen molar-refractivity contribution >= 4 is 17.9 Å². The molecule has 0 saturated carbocycles. The molecule has 6 heteroatoms. The second-order valence-electron chi connectivity index (χ2n) is 22.4. The van der Waals surface area contributed by atoms with Crippen LogP contribution in [0.15, 0.2) is 72.9 Å². The Balaban J connectivity index is 4.05. The van der Waals surface area contributed by atoms with Crippen molar-refractivity contribution in [2.75, 3.05) is 13.2 Å². The van der Waals surface area contributed by atoms with E-state index in [1.807, 2.05) is 0 Å². The van der Waals surface area contributed by atoms with Crippen LogP contribution in [0.1, 0.15) is 342 Å². The summed E-state index contributed by atoms with van der Waals surface area (Å²) in [6.45, 7) is 6.51. The van der Waals surface area contributed by atoms with Crippen LogP contribution >= 0.6 is 0 Å². The third kappa shape index (κ3) is 63.6. The number of hydrogen-bond donors (Lipinski definition) is 0. The van der Waals surface area contributed by atoms with E-state index in [0.717, 1.165) is 96.3 Å². The SMILES string of the molecule is CC/C=C\C/C=C\C/C=C\C/C=C\CCCCCCCCCCC(=O)OC(COC(=O)CCCCCCCCC)COC(=O)CCCCCCCCCCCCCCCCCCCCC/C=C\C/C=C\CCCCCCC. The lowest BCUT2D eigenvalue weighted by atomic mass is 10.0. The summed E-state index contributed by atoms with van der Waals surface area (Å²) in [6, 6.07) is 0. The first-order chi connectivity index (χ1) is 38.0. The first-order valence-corrected chi connectivity index (χ1v) is 33.4. The second kappa shape index (κ2) is 65.4. The fourth-order valence-corrected chi connectivity index (χ4v) is 9.70. The van der Waals surface area contributed by atoms with Gasteiger partial charge in [-0.05, 0) is 89.9 Å². The Hall–Kier alpha value is -3.15. The van der Waals surface area contributed by atoms with E-state index in [9.17, 15) is 14.4 Å². The molecule has 0 N–H and O–H groups in total. The molecule has 0 radical (unpaired) electrons. The van der Waals surface area contributed by atoms with E-state index in [2.05, 4.69) is 93.7 Å². The zero-order valence-corrected chi connectivity index (χ0v) is 51.2. The first kappa shape index (κ1) is 73.8. The van der Waals surface area contributed by atoms with E-state index in [4.69, 9.17) is 14.2 Å². The van der Waals surface area contributed by atoms with Crippen molar-refractivity contribution in [3.8, 4) is 0 Å².